The van der Waals surface area contributed by atoms with Gasteiger partial charge in [0.25, 0.3) is 5.91 Å². The van der Waals surface area contributed by atoms with E-state index in [9.17, 15) is 4.79 Å². The van der Waals surface area contributed by atoms with Crippen molar-refractivity contribution in [1.82, 2.24) is 15.3 Å². The average Bonchev–Trinajstić information content (AvgIpc) is 2.47. The first-order chi connectivity index (χ1) is 9.62. The molecule has 0 saturated carbocycles. The highest BCUT2D eigenvalue weighted by molar-refractivity contribution is 5.93. The normalized spacial score (nSPS) is 12.0. The number of carbonyl (C=O) groups is 1. The van der Waals surface area contributed by atoms with Crippen LogP contribution in [0.15, 0.2) is 12.4 Å². The molecule has 0 aliphatic rings. The Bertz CT molecular complexity index is 399. The molecule has 0 aliphatic carbocycles. The molecular weight excluding hydrogens is 252 g/mol. The molecule has 0 spiro atoms. The van der Waals surface area contributed by atoms with Gasteiger partial charge >= 0.3 is 0 Å². The number of carbonyl (C=O) groups excluding carboxylic acids is 1. The monoisotopic (exact) mass is 278 g/mol. The summed E-state index contributed by atoms with van der Waals surface area (Å²) in [4.78, 5) is 22.7. The molecule has 1 heterocycles. The summed E-state index contributed by atoms with van der Waals surface area (Å²) < 4.78 is 0. The quantitative estimate of drug-likeness (QED) is 0.794. The van der Waals surface area contributed by atoms with Crippen LogP contribution in [-0.4, -0.2) is 35.0 Å². The molecule has 0 saturated heterocycles. The van der Waals surface area contributed by atoms with Crippen molar-refractivity contribution in [2.24, 2.45) is 0 Å². The minimum Gasteiger partial charge on any atom is -0.350 e. The Kier molecular flexibility index (Phi) is 6.98. The van der Waals surface area contributed by atoms with Gasteiger partial charge in [0.1, 0.15) is 0 Å². The summed E-state index contributed by atoms with van der Waals surface area (Å²) in [6.07, 6.45) is 6.24. The highest BCUT2D eigenvalue weighted by Gasteiger charge is 2.12. The number of hydrogen-bond donors (Lipinski definition) is 1. The predicted octanol–water partition coefficient (Wildman–Crippen LogP) is 2.63. The second kappa shape index (κ2) is 8.51. The lowest BCUT2D eigenvalue weighted by atomic mass is 10.2. The van der Waals surface area contributed by atoms with Crippen molar-refractivity contribution in [1.29, 1.82) is 0 Å². The molecule has 0 radical (unpaired) electrons. The average molecular weight is 278 g/mol. The van der Waals surface area contributed by atoms with Gasteiger partial charge in [0.05, 0.1) is 5.56 Å². The van der Waals surface area contributed by atoms with E-state index in [1.54, 1.807) is 12.4 Å². The van der Waals surface area contributed by atoms with Crippen LogP contribution in [0.5, 0.6) is 0 Å². The molecule has 112 valence electrons. The van der Waals surface area contributed by atoms with Crippen molar-refractivity contribution >= 4 is 11.9 Å². The zero-order valence-corrected chi connectivity index (χ0v) is 13.0. The van der Waals surface area contributed by atoms with Crippen LogP contribution in [0.1, 0.15) is 57.3 Å². The topological polar surface area (TPSA) is 58.1 Å². The summed E-state index contributed by atoms with van der Waals surface area (Å²) in [6.45, 7) is 10.2. The molecule has 0 fully saturated rings. The number of rotatable bonds is 8. The van der Waals surface area contributed by atoms with Crippen molar-refractivity contribution in [3.8, 4) is 0 Å². The van der Waals surface area contributed by atoms with E-state index in [1.165, 1.54) is 0 Å². The van der Waals surface area contributed by atoms with Crippen LogP contribution in [0.4, 0.5) is 5.95 Å². The van der Waals surface area contributed by atoms with Gasteiger partial charge in [-0.3, -0.25) is 4.79 Å². The van der Waals surface area contributed by atoms with E-state index in [1.807, 2.05) is 13.8 Å². The number of hydrogen-bond acceptors (Lipinski definition) is 4. The van der Waals surface area contributed by atoms with E-state index in [0.29, 0.717) is 11.5 Å². The van der Waals surface area contributed by atoms with Gasteiger partial charge < -0.3 is 10.2 Å². The molecule has 1 aromatic heterocycles. The van der Waals surface area contributed by atoms with Crippen LogP contribution >= 0.6 is 0 Å². The Morgan fingerprint density at radius 1 is 1.20 bits per heavy atom. The first-order valence-electron chi connectivity index (χ1n) is 7.50. The van der Waals surface area contributed by atoms with Crippen molar-refractivity contribution in [3.05, 3.63) is 18.0 Å². The van der Waals surface area contributed by atoms with Gasteiger partial charge in [0.15, 0.2) is 0 Å². The summed E-state index contributed by atoms with van der Waals surface area (Å²) in [5.74, 6) is 0.595. The summed E-state index contributed by atoms with van der Waals surface area (Å²) in [6, 6.07) is 0.166. The minimum atomic E-state index is -0.108. The lowest BCUT2D eigenvalue weighted by Crippen LogP contribution is -2.32. The van der Waals surface area contributed by atoms with Crippen molar-refractivity contribution < 1.29 is 4.79 Å². The van der Waals surface area contributed by atoms with Crippen molar-refractivity contribution in [2.75, 3.05) is 18.0 Å². The molecular formula is C15H26N4O. The minimum absolute atomic E-state index is 0.108. The molecule has 1 N–H and O–H groups in total. The largest absolute Gasteiger partial charge is 0.350 e. The Hall–Kier alpha value is -1.65. The third-order valence-electron chi connectivity index (χ3n) is 3.16. The van der Waals surface area contributed by atoms with Crippen LogP contribution in [0, 0.1) is 0 Å². The highest BCUT2D eigenvalue weighted by Crippen LogP contribution is 2.09. The fraction of sp³-hybridized carbons (Fsp3) is 0.667. The maximum atomic E-state index is 11.9. The number of aromatic nitrogens is 2. The molecule has 1 aromatic rings. The van der Waals surface area contributed by atoms with Gasteiger partial charge in [-0.25, -0.2) is 9.97 Å². The van der Waals surface area contributed by atoms with E-state index in [0.717, 1.165) is 32.4 Å². The van der Waals surface area contributed by atoms with Gasteiger partial charge in [-0.2, -0.15) is 0 Å². The van der Waals surface area contributed by atoms with Gasteiger partial charge in [0, 0.05) is 31.5 Å². The first-order valence-corrected chi connectivity index (χ1v) is 7.50. The number of nitrogens with one attached hydrogen (secondary N) is 1. The zero-order chi connectivity index (χ0) is 15.0. The summed E-state index contributed by atoms with van der Waals surface area (Å²) in [5, 5.41) is 2.91. The summed E-state index contributed by atoms with van der Waals surface area (Å²) in [7, 11) is 0. The van der Waals surface area contributed by atoms with Gasteiger partial charge in [-0.1, -0.05) is 20.8 Å². The SMILES string of the molecule is CCCN(CCC)c1ncc(C(=O)NC(C)CC)cn1. The first kappa shape index (κ1) is 16.4. The zero-order valence-electron chi connectivity index (χ0n) is 13.0. The second-order valence-corrected chi connectivity index (χ2v) is 5.04. The van der Waals surface area contributed by atoms with Crippen LogP contribution in [-0.2, 0) is 0 Å². The van der Waals surface area contributed by atoms with Crippen molar-refractivity contribution in [3.63, 3.8) is 0 Å². The molecule has 0 aromatic carbocycles. The molecule has 0 bridgehead atoms. The third kappa shape index (κ3) is 4.79. The maximum absolute atomic E-state index is 11.9. The summed E-state index contributed by atoms with van der Waals surface area (Å²) >= 11 is 0. The molecule has 20 heavy (non-hydrogen) atoms. The van der Waals surface area contributed by atoms with E-state index in [4.69, 9.17) is 0 Å². The molecule has 5 nitrogen and oxygen atoms in total. The number of amides is 1. The van der Waals surface area contributed by atoms with Gasteiger partial charge in [-0.15, -0.1) is 0 Å². The molecule has 0 aliphatic heterocycles. The van der Waals surface area contributed by atoms with Crippen LogP contribution in [0.25, 0.3) is 0 Å². The smallest absolute Gasteiger partial charge is 0.254 e. The fourth-order valence-corrected chi connectivity index (χ4v) is 1.86. The molecule has 1 amide bonds. The standard InChI is InChI=1S/C15H26N4O/c1-5-8-19(9-6-2)15-16-10-13(11-17-15)14(20)18-12(4)7-3/h10-12H,5-9H2,1-4H3,(H,18,20). The Labute approximate surface area is 121 Å². The molecule has 5 heteroatoms. The highest BCUT2D eigenvalue weighted by atomic mass is 16.1. The Morgan fingerprint density at radius 3 is 2.20 bits per heavy atom. The van der Waals surface area contributed by atoms with Gasteiger partial charge in [0.2, 0.25) is 5.95 Å². The number of nitrogens with zero attached hydrogens (tertiary/aromatic N) is 3. The lowest BCUT2D eigenvalue weighted by Gasteiger charge is -2.21. The van der Waals surface area contributed by atoms with Crippen LogP contribution < -0.4 is 10.2 Å². The number of anilines is 1. The summed E-state index contributed by atoms with van der Waals surface area (Å²) in [5.41, 5.74) is 0.516. The van der Waals surface area contributed by atoms with Crippen molar-refractivity contribution in [2.45, 2.75) is 53.0 Å². The molecule has 1 rings (SSSR count). The van der Waals surface area contributed by atoms with Crippen LogP contribution in [0.3, 0.4) is 0 Å². The third-order valence-corrected chi connectivity index (χ3v) is 3.16. The lowest BCUT2D eigenvalue weighted by molar-refractivity contribution is 0.0938. The van der Waals surface area contributed by atoms with E-state index < -0.39 is 0 Å². The van der Waals surface area contributed by atoms with Gasteiger partial charge in [-0.05, 0) is 26.2 Å². The predicted molar refractivity (Wildman–Crippen MR) is 82.0 cm³/mol. The molecule has 1 atom stereocenters. The maximum Gasteiger partial charge on any atom is 0.254 e. The Balaban J connectivity index is 2.73. The Morgan fingerprint density at radius 2 is 1.75 bits per heavy atom. The second-order valence-electron chi connectivity index (χ2n) is 5.04. The fourth-order valence-electron chi connectivity index (χ4n) is 1.86. The van der Waals surface area contributed by atoms with E-state index in [2.05, 4.69) is 34.0 Å². The van der Waals surface area contributed by atoms with E-state index in [-0.39, 0.29) is 11.9 Å². The van der Waals surface area contributed by atoms with Crippen LogP contribution in [0.2, 0.25) is 0 Å². The van der Waals surface area contributed by atoms with E-state index >= 15 is 0 Å². The molecule has 1 unspecified atom stereocenters.